The normalized spacial score (nSPS) is 10.6. The fraction of sp³-hybridized carbons (Fsp3) is 0.250. The Bertz CT molecular complexity index is 569. The molecule has 0 spiro atoms. The van der Waals surface area contributed by atoms with Gasteiger partial charge in [-0.1, -0.05) is 22.0 Å². The van der Waals surface area contributed by atoms with Crippen LogP contribution in [0.1, 0.15) is 12.5 Å². The van der Waals surface area contributed by atoms with Crippen LogP contribution in [0.3, 0.4) is 0 Å². The van der Waals surface area contributed by atoms with Gasteiger partial charge in [-0.2, -0.15) is 0 Å². The van der Waals surface area contributed by atoms with Crippen molar-refractivity contribution in [3.05, 3.63) is 58.3 Å². The molecule has 0 amide bonds. The SMILES string of the molecule is CCN(c1ccc(F)cc1)c1ccc(CCN)c(Br)c1. The maximum atomic E-state index is 13.0. The second kappa shape index (κ2) is 6.86. The predicted octanol–water partition coefficient (Wildman–Crippen LogP) is 4.25. The van der Waals surface area contributed by atoms with Gasteiger partial charge in [0.25, 0.3) is 0 Å². The summed E-state index contributed by atoms with van der Waals surface area (Å²) < 4.78 is 14.1. The van der Waals surface area contributed by atoms with Crippen LogP contribution in [0.2, 0.25) is 0 Å². The molecule has 0 aliphatic carbocycles. The van der Waals surface area contributed by atoms with Gasteiger partial charge in [-0.05, 0) is 61.9 Å². The van der Waals surface area contributed by atoms with Crippen LogP contribution in [-0.2, 0) is 6.42 Å². The minimum atomic E-state index is -0.218. The monoisotopic (exact) mass is 336 g/mol. The summed E-state index contributed by atoms with van der Waals surface area (Å²) in [5.41, 5.74) is 8.85. The highest BCUT2D eigenvalue weighted by molar-refractivity contribution is 9.10. The molecule has 0 heterocycles. The number of nitrogens with zero attached hydrogens (tertiary/aromatic N) is 1. The van der Waals surface area contributed by atoms with Gasteiger partial charge < -0.3 is 10.6 Å². The van der Waals surface area contributed by atoms with Crippen molar-refractivity contribution in [1.82, 2.24) is 0 Å². The van der Waals surface area contributed by atoms with Crippen LogP contribution in [0.25, 0.3) is 0 Å². The Morgan fingerprint density at radius 2 is 1.75 bits per heavy atom. The molecule has 0 fully saturated rings. The highest BCUT2D eigenvalue weighted by Gasteiger charge is 2.09. The van der Waals surface area contributed by atoms with Gasteiger partial charge in [-0.15, -0.1) is 0 Å². The highest BCUT2D eigenvalue weighted by atomic mass is 79.9. The number of anilines is 2. The van der Waals surface area contributed by atoms with E-state index >= 15 is 0 Å². The summed E-state index contributed by atoms with van der Waals surface area (Å²) >= 11 is 3.59. The molecule has 0 aliphatic heterocycles. The van der Waals surface area contributed by atoms with Crippen LogP contribution in [-0.4, -0.2) is 13.1 Å². The quantitative estimate of drug-likeness (QED) is 0.884. The summed E-state index contributed by atoms with van der Waals surface area (Å²) in [6.45, 7) is 3.52. The van der Waals surface area contributed by atoms with E-state index in [9.17, 15) is 4.39 Å². The highest BCUT2D eigenvalue weighted by Crippen LogP contribution is 2.29. The van der Waals surface area contributed by atoms with E-state index < -0.39 is 0 Å². The van der Waals surface area contributed by atoms with Crippen LogP contribution < -0.4 is 10.6 Å². The fourth-order valence-corrected chi connectivity index (χ4v) is 2.76. The zero-order valence-electron chi connectivity index (χ0n) is 11.4. The molecule has 2 nitrogen and oxygen atoms in total. The molecular weight excluding hydrogens is 319 g/mol. The molecule has 4 heteroatoms. The maximum Gasteiger partial charge on any atom is 0.123 e. The molecule has 20 heavy (non-hydrogen) atoms. The summed E-state index contributed by atoms with van der Waals surface area (Å²) in [7, 11) is 0. The summed E-state index contributed by atoms with van der Waals surface area (Å²) in [4.78, 5) is 2.14. The molecule has 0 atom stereocenters. The first kappa shape index (κ1) is 15.0. The van der Waals surface area contributed by atoms with E-state index in [-0.39, 0.29) is 5.82 Å². The molecule has 0 unspecified atom stereocenters. The number of benzene rings is 2. The molecule has 0 radical (unpaired) electrons. The fourth-order valence-electron chi connectivity index (χ4n) is 2.20. The minimum Gasteiger partial charge on any atom is -0.342 e. The number of hydrogen-bond donors (Lipinski definition) is 1. The first-order valence-corrected chi connectivity index (χ1v) is 7.46. The van der Waals surface area contributed by atoms with Gasteiger partial charge in [-0.25, -0.2) is 4.39 Å². The van der Waals surface area contributed by atoms with E-state index in [4.69, 9.17) is 5.73 Å². The zero-order valence-corrected chi connectivity index (χ0v) is 13.0. The molecule has 0 saturated carbocycles. The van der Waals surface area contributed by atoms with Crippen LogP contribution in [0.4, 0.5) is 15.8 Å². The molecule has 2 aromatic rings. The molecular formula is C16H18BrFN2. The van der Waals surface area contributed by atoms with Gasteiger partial charge in [0.2, 0.25) is 0 Å². The van der Waals surface area contributed by atoms with Crippen molar-refractivity contribution < 1.29 is 4.39 Å². The lowest BCUT2D eigenvalue weighted by Gasteiger charge is -2.24. The number of halogens is 2. The largest absolute Gasteiger partial charge is 0.342 e. The average molecular weight is 337 g/mol. The molecule has 0 saturated heterocycles. The van der Waals surface area contributed by atoms with Gasteiger partial charge in [-0.3, -0.25) is 0 Å². The first-order chi connectivity index (χ1) is 9.65. The van der Waals surface area contributed by atoms with E-state index in [1.807, 2.05) is 0 Å². The second-order valence-corrected chi connectivity index (χ2v) is 5.39. The molecule has 2 rings (SSSR count). The van der Waals surface area contributed by atoms with Crippen molar-refractivity contribution in [3.8, 4) is 0 Å². The first-order valence-electron chi connectivity index (χ1n) is 6.67. The molecule has 0 bridgehead atoms. The van der Waals surface area contributed by atoms with E-state index in [0.717, 1.165) is 28.8 Å². The van der Waals surface area contributed by atoms with Gasteiger partial charge in [0, 0.05) is 22.4 Å². The number of rotatable bonds is 5. The molecule has 2 aromatic carbocycles. The molecule has 0 aliphatic rings. The maximum absolute atomic E-state index is 13.0. The third-order valence-electron chi connectivity index (χ3n) is 3.22. The van der Waals surface area contributed by atoms with E-state index in [0.29, 0.717) is 6.54 Å². The lowest BCUT2D eigenvalue weighted by Crippen LogP contribution is -2.16. The number of nitrogens with two attached hydrogens (primary N) is 1. The Balaban J connectivity index is 2.32. The predicted molar refractivity (Wildman–Crippen MR) is 86.0 cm³/mol. The Kier molecular flexibility index (Phi) is 5.15. The Labute approximate surface area is 127 Å². The third kappa shape index (κ3) is 3.38. The third-order valence-corrected chi connectivity index (χ3v) is 3.95. The van der Waals surface area contributed by atoms with Gasteiger partial charge in [0.1, 0.15) is 5.82 Å². The number of hydrogen-bond acceptors (Lipinski definition) is 2. The zero-order chi connectivity index (χ0) is 14.5. The lowest BCUT2D eigenvalue weighted by atomic mass is 10.1. The van der Waals surface area contributed by atoms with Crippen molar-refractivity contribution in [1.29, 1.82) is 0 Å². The second-order valence-electron chi connectivity index (χ2n) is 4.54. The lowest BCUT2D eigenvalue weighted by molar-refractivity contribution is 0.628. The Hall–Kier alpha value is -1.39. The van der Waals surface area contributed by atoms with E-state index in [1.165, 1.54) is 17.7 Å². The smallest absolute Gasteiger partial charge is 0.123 e. The summed E-state index contributed by atoms with van der Waals surface area (Å²) in [6.07, 6.45) is 0.851. The van der Waals surface area contributed by atoms with Crippen LogP contribution in [0.15, 0.2) is 46.9 Å². The summed E-state index contributed by atoms with van der Waals surface area (Å²) in [5.74, 6) is -0.218. The standard InChI is InChI=1S/C16H18BrFN2/c1-2-20(14-7-4-13(18)5-8-14)15-6-3-12(9-10-19)16(17)11-15/h3-8,11H,2,9-10,19H2,1H3. The van der Waals surface area contributed by atoms with Gasteiger partial charge in [0.05, 0.1) is 0 Å². The Morgan fingerprint density at radius 1 is 1.10 bits per heavy atom. The summed E-state index contributed by atoms with van der Waals surface area (Å²) in [6, 6.07) is 12.8. The van der Waals surface area contributed by atoms with Crippen LogP contribution in [0, 0.1) is 5.82 Å². The van der Waals surface area contributed by atoms with Crippen molar-refractivity contribution in [2.75, 3.05) is 18.0 Å². The van der Waals surface area contributed by atoms with Crippen molar-refractivity contribution in [2.45, 2.75) is 13.3 Å². The van der Waals surface area contributed by atoms with Crippen molar-refractivity contribution in [2.24, 2.45) is 5.73 Å². The summed E-state index contributed by atoms with van der Waals surface area (Å²) in [5, 5.41) is 0. The minimum absolute atomic E-state index is 0.218. The van der Waals surface area contributed by atoms with Crippen LogP contribution in [0.5, 0.6) is 0 Å². The van der Waals surface area contributed by atoms with Gasteiger partial charge >= 0.3 is 0 Å². The van der Waals surface area contributed by atoms with Crippen molar-refractivity contribution in [3.63, 3.8) is 0 Å². The molecule has 106 valence electrons. The Morgan fingerprint density at radius 3 is 2.30 bits per heavy atom. The average Bonchev–Trinajstić information content (AvgIpc) is 2.45. The van der Waals surface area contributed by atoms with Crippen LogP contribution >= 0.6 is 15.9 Å². The molecule has 0 aromatic heterocycles. The topological polar surface area (TPSA) is 29.3 Å². The van der Waals surface area contributed by atoms with E-state index in [2.05, 4.69) is 46.0 Å². The van der Waals surface area contributed by atoms with E-state index in [1.54, 1.807) is 12.1 Å². The van der Waals surface area contributed by atoms with Gasteiger partial charge in [0.15, 0.2) is 0 Å². The van der Waals surface area contributed by atoms with Crippen molar-refractivity contribution >= 4 is 27.3 Å². The molecule has 2 N–H and O–H groups in total.